The van der Waals surface area contributed by atoms with Gasteiger partial charge in [0.05, 0.1) is 0 Å². The molecule has 1 unspecified atom stereocenters. The van der Waals surface area contributed by atoms with E-state index in [1.807, 2.05) is 24.3 Å². The molecule has 0 bridgehead atoms. The molecule has 0 spiro atoms. The molecule has 2 N–H and O–H groups in total. The van der Waals surface area contributed by atoms with E-state index in [1.54, 1.807) is 0 Å². The molecule has 128 valence electrons. The highest BCUT2D eigenvalue weighted by Gasteiger charge is 2.28. The van der Waals surface area contributed by atoms with Crippen LogP contribution in [0.5, 0.6) is 5.75 Å². The summed E-state index contributed by atoms with van der Waals surface area (Å²) in [7, 11) is 0. The van der Waals surface area contributed by atoms with Gasteiger partial charge in [-0.05, 0) is 48.2 Å². The summed E-state index contributed by atoms with van der Waals surface area (Å²) in [6.45, 7) is 4.80. The van der Waals surface area contributed by atoms with Crippen molar-refractivity contribution >= 4 is 16.8 Å². The monoisotopic (exact) mass is 334 g/mol. The van der Waals surface area contributed by atoms with Gasteiger partial charge in [-0.1, -0.05) is 31.2 Å². The van der Waals surface area contributed by atoms with Crippen LogP contribution >= 0.6 is 0 Å². The summed E-state index contributed by atoms with van der Waals surface area (Å²) in [6, 6.07) is 14.1. The smallest absolute Gasteiger partial charge is 0.261 e. The number of ether oxygens (including phenoxy) is 1. The van der Waals surface area contributed by atoms with Crippen molar-refractivity contribution in [2.24, 2.45) is 0 Å². The van der Waals surface area contributed by atoms with Crippen molar-refractivity contribution in [3.8, 4) is 5.75 Å². The average Bonchev–Trinajstić information content (AvgIpc) is 3.21. The zero-order chi connectivity index (χ0) is 17.4. The topological polar surface area (TPSA) is 54.1 Å². The zero-order valence-corrected chi connectivity index (χ0v) is 14.6. The number of nitrogens with one attached hydrogen (secondary N) is 2. The maximum absolute atomic E-state index is 12.4. The van der Waals surface area contributed by atoms with E-state index in [9.17, 15) is 4.79 Å². The first-order valence-corrected chi connectivity index (χ1v) is 8.78. The van der Waals surface area contributed by atoms with Crippen LogP contribution in [0, 0.1) is 6.92 Å². The summed E-state index contributed by atoms with van der Waals surface area (Å²) in [5.41, 5.74) is 5.91. The lowest BCUT2D eigenvalue weighted by molar-refractivity contribution is -0.127. The first-order valence-electron chi connectivity index (χ1n) is 8.78. The van der Waals surface area contributed by atoms with E-state index in [2.05, 4.69) is 42.3 Å². The molecule has 25 heavy (non-hydrogen) atoms. The molecule has 0 saturated heterocycles. The lowest BCUT2D eigenvalue weighted by Crippen LogP contribution is -2.37. The quantitative estimate of drug-likeness (QED) is 0.765. The van der Waals surface area contributed by atoms with Crippen LogP contribution in [0.25, 0.3) is 10.9 Å². The third-order valence-corrected chi connectivity index (χ3v) is 4.99. The molecule has 0 fully saturated rings. The molecule has 4 rings (SSSR count). The van der Waals surface area contributed by atoms with Crippen molar-refractivity contribution in [3.05, 3.63) is 64.8 Å². The molecule has 1 aromatic heterocycles. The summed E-state index contributed by atoms with van der Waals surface area (Å²) < 4.78 is 5.75. The number of aromatic amines is 1. The van der Waals surface area contributed by atoms with Gasteiger partial charge >= 0.3 is 0 Å². The predicted octanol–water partition coefficient (Wildman–Crippen LogP) is 3.66. The number of carbonyl (C=O) groups is 1. The number of hydrogen-bond acceptors (Lipinski definition) is 2. The van der Waals surface area contributed by atoms with Crippen LogP contribution in [0.15, 0.2) is 42.5 Å². The fourth-order valence-corrected chi connectivity index (χ4v) is 3.52. The third-order valence-electron chi connectivity index (χ3n) is 4.99. The Morgan fingerprint density at radius 1 is 1.28 bits per heavy atom. The first kappa shape index (κ1) is 15.8. The van der Waals surface area contributed by atoms with Crippen LogP contribution in [-0.2, 0) is 24.2 Å². The number of H-pyrrole nitrogens is 1. The Kier molecular flexibility index (Phi) is 3.96. The number of aryl methyl sites for hydroxylation is 2. The molecule has 3 aromatic rings. The van der Waals surface area contributed by atoms with E-state index >= 15 is 0 Å². The minimum absolute atomic E-state index is 0.0589. The van der Waals surface area contributed by atoms with E-state index in [-0.39, 0.29) is 5.91 Å². The van der Waals surface area contributed by atoms with E-state index in [0.717, 1.165) is 28.8 Å². The second-order valence-electron chi connectivity index (χ2n) is 6.60. The Labute approximate surface area is 147 Å². The minimum Gasteiger partial charge on any atom is -0.480 e. The summed E-state index contributed by atoms with van der Waals surface area (Å²) in [5, 5.41) is 4.24. The highest BCUT2D eigenvalue weighted by molar-refractivity contribution is 5.85. The number of carbonyl (C=O) groups excluding carboxylic acids is 1. The standard InChI is InChI=1S/C21H22N2O2/c1-3-17-13(2)16-10-14(8-9-18(16)23-17)12-22-21(24)20-11-15-6-4-5-7-19(15)25-20/h4-10,20,23H,3,11-12H2,1-2H3,(H,22,24). The van der Waals surface area contributed by atoms with Crippen LogP contribution in [0.4, 0.5) is 0 Å². The molecule has 0 radical (unpaired) electrons. The number of fused-ring (bicyclic) bond motifs is 2. The number of benzene rings is 2. The number of para-hydroxylation sites is 1. The molecule has 2 aromatic carbocycles. The van der Waals surface area contributed by atoms with E-state index < -0.39 is 6.10 Å². The van der Waals surface area contributed by atoms with Gasteiger partial charge < -0.3 is 15.0 Å². The van der Waals surface area contributed by atoms with Gasteiger partial charge in [-0.3, -0.25) is 4.79 Å². The van der Waals surface area contributed by atoms with E-state index in [1.165, 1.54) is 16.6 Å². The van der Waals surface area contributed by atoms with Crippen molar-refractivity contribution in [3.63, 3.8) is 0 Å². The number of aromatic nitrogens is 1. The van der Waals surface area contributed by atoms with Crippen LogP contribution < -0.4 is 10.1 Å². The predicted molar refractivity (Wildman–Crippen MR) is 98.8 cm³/mol. The van der Waals surface area contributed by atoms with Crippen LogP contribution in [0.2, 0.25) is 0 Å². The molecule has 0 aliphatic carbocycles. The molecular weight excluding hydrogens is 312 g/mol. The van der Waals surface area contributed by atoms with E-state index in [4.69, 9.17) is 4.74 Å². The Morgan fingerprint density at radius 2 is 2.12 bits per heavy atom. The van der Waals surface area contributed by atoms with E-state index in [0.29, 0.717) is 13.0 Å². The normalized spacial score (nSPS) is 15.8. The number of amides is 1. The fraction of sp³-hybridized carbons (Fsp3) is 0.286. The minimum atomic E-state index is -0.429. The highest BCUT2D eigenvalue weighted by Crippen LogP contribution is 2.28. The van der Waals surface area contributed by atoms with Gasteiger partial charge in [-0.2, -0.15) is 0 Å². The summed E-state index contributed by atoms with van der Waals surface area (Å²) >= 11 is 0. The maximum atomic E-state index is 12.4. The molecule has 0 saturated carbocycles. The van der Waals surface area contributed by atoms with Crippen molar-refractivity contribution in [1.82, 2.24) is 10.3 Å². The summed E-state index contributed by atoms with van der Waals surface area (Å²) in [6.07, 6.45) is 1.20. The van der Waals surface area contributed by atoms with Crippen molar-refractivity contribution < 1.29 is 9.53 Å². The van der Waals surface area contributed by atoms with Gasteiger partial charge in [0.15, 0.2) is 6.10 Å². The van der Waals surface area contributed by atoms with Gasteiger partial charge in [0, 0.05) is 29.6 Å². The fourth-order valence-electron chi connectivity index (χ4n) is 3.52. The van der Waals surface area contributed by atoms with Crippen LogP contribution in [0.3, 0.4) is 0 Å². The largest absolute Gasteiger partial charge is 0.480 e. The molecule has 4 heteroatoms. The second kappa shape index (κ2) is 6.28. The van der Waals surface area contributed by atoms with Crippen molar-refractivity contribution in [2.75, 3.05) is 0 Å². The van der Waals surface area contributed by atoms with Crippen molar-refractivity contribution in [1.29, 1.82) is 0 Å². The third kappa shape index (κ3) is 2.88. The molecule has 4 nitrogen and oxygen atoms in total. The highest BCUT2D eigenvalue weighted by atomic mass is 16.5. The van der Waals surface area contributed by atoms with Crippen molar-refractivity contribution in [2.45, 2.75) is 39.3 Å². The van der Waals surface area contributed by atoms with Gasteiger partial charge in [0.1, 0.15) is 5.75 Å². The van der Waals surface area contributed by atoms with Gasteiger partial charge in [-0.25, -0.2) is 0 Å². The summed E-state index contributed by atoms with van der Waals surface area (Å²) in [5.74, 6) is 0.760. The zero-order valence-electron chi connectivity index (χ0n) is 14.6. The SMILES string of the molecule is CCc1[nH]c2ccc(CNC(=O)C3Cc4ccccc4O3)cc2c1C. The molecule has 1 aliphatic rings. The second-order valence-corrected chi connectivity index (χ2v) is 6.60. The maximum Gasteiger partial charge on any atom is 0.261 e. The lowest BCUT2D eigenvalue weighted by atomic mass is 10.1. The summed E-state index contributed by atoms with van der Waals surface area (Å²) in [4.78, 5) is 15.9. The van der Waals surface area contributed by atoms with Gasteiger partial charge in [-0.15, -0.1) is 0 Å². The molecule has 1 amide bonds. The first-order chi connectivity index (χ1) is 12.2. The molecular formula is C21H22N2O2. The molecule has 1 atom stereocenters. The Balaban J connectivity index is 1.44. The number of hydrogen-bond donors (Lipinski definition) is 2. The van der Waals surface area contributed by atoms with Gasteiger partial charge in [0.25, 0.3) is 5.91 Å². The van der Waals surface area contributed by atoms with Crippen LogP contribution in [0.1, 0.15) is 29.3 Å². The van der Waals surface area contributed by atoms with Crippen LogP contribution in [-0.4, -0.2) is 17.0 Å². The average molecular weight is 334 g/mol. The Morgan fingerprint density at radius 3 is 2.92 bits per heavy atom. The lowest BCUT2D eigenvalue weighted by Gasteiger charge is -2.11. The number of rotatable bonds is 4. The van der Waals surface area contributed by atoms with Gasteiger partial charge in [0.2, 0.25) is 0 Å². The Bertz CT molecular complexity index is 917. The molecule has 1 aliphatic heterocycles. The Hall–Kier alpha value is -2.75. The molecule has 2 heterocycles.